The van der Waals surface area contributed by atoms with Gasteiger partial charge in [-0.05, 0) is 57.1 Å². The van der Waals surface area contributed by atoms with Crippen molar-refractivity contribution in [2.45, 2.75) is 19.4 Å². The Bertz CT molecular complexity index is 425. The second kappa shape index (κ2) is 6.35. The summed E-state index contributed by atoms with van der Waals surface area (Å²) in [5.41, 5.74) is 1.02. The number of likely N-dealkylation sites (tertiary alicyclic amines) is 1. The normalized spacial score (nSPS) is 21.6. The lowest BCUT2D eigenvalue weighted by Crippen LogP contribution is -2.27. The van der Waals surface area contributed by atoms with Crippen molar-refractivity contribution in [2.75, 3.05) is 33.8 Å². The third kappa shape index (κ3) is 3.25. The number of hydrogen-bond donors (Lipinski definition) is 1. The molecule has 1 aliphatic heterocycles. The molecule has 2 unspecified atom stereocenters. The molecule has 0 spiro atoms. The molecule has 1 heterocycles. The van der Waals surface area contributed by atoms with Gasteiger partial charge in [0.25, 0.3) is 0 Å². The average Bonchev–Trinajstić information content (AvgIpc) is 2.87. The van der Waals surface area contributed by atoms with Gasteiger partial charge in [-0.2, -0.15) is 0 Å². The summed E-state index contributed by atoms with van der Waals surface area (Å²) in [7, 11) is 3.48. The number of halogens is 1. The van der Waals surface area contributed by atoms with Crippen LogP contribution in [-0.2, 0) is 0 Å². The molecule has 1 saturated heterocycles. The standard InChI is InChI=1S/C15H23FN2O/c1-11(18-7-6-12(10-18)9-17-2)13-4-5-15(19-3)14(16)8-13/h4-5,8,11-12,17H,6-7,9-10H2,1-3H3. The highest BCUT2D eigenvalue weighted by Gasteiger charge is 2.26. The van der Waals surface area contributed by atoms with Crippen LogP contribution in [0.5, 0.6) is 5.75 Å². The molecule has 2 atom stereocenters. The van der Waals surface area contributed by atoms with E-state index in [0.717, 1.165) is 25.2 Å². The van der Waals surface area contributed by atoms with Gasteiger partial charge in [-0.25, -0.2) is 4.39 Å². The molecule has 1 fully saturated rings. The van der Waals surface area contributed by atoms with Gasteiger partial charge in [-0.3, -0.25) is 4.90 Å². The molecule has 0 saturated carbocycles. The van der Waals surface area contributed by atoms with Gasteiger partial charge in [0, 0.05) is 12.6 Å². The van der Waals surface area contributed by atoms with Gasteiger partial charge in [0.05, 0.1) is 7.11 Å². The number of benzene rings is 1. The third-order valence-corrected chi connectivity index (χ3v) is 4.02. The van der Waals surface area contributed by atoms with Gasteiger partial charge in [0.15, 0.2) is 11.6 Å². The fourth-order valence-corrected chi connectivity index (χ4v) is 2.82. The molecule has 1 aromatic carbocycles. The van der Waals surface area contributed by atoms with E-state index in [0.29, 0.717) is 11.7 Å². The molecule has 1 aromatic rings. The Hall–Kier alpha value is -1.13. The molecule has 3 nitrogen and oxygen atoms in total. The lowest BCUT2D eigenvalue weighted by molar-refractivity contribution is 0.251. The van der Waals surface area contributed by atoms with E-state index in [-0.39, 0.29) is 11.9 Å². The van der Waals surface area contributed by atoms with Gasteiger partial charge in [0.1, 0.15) is 0 Å². The van der Waals surface area contributed by atoms with Crippen LogP contribution in [0.1, 0.15) is 24.9 Å². The molecule has 1 N–H and O–H groups in total. The average molecular weight is 266 g/mol. The summed E-state index contributed by atoms with van der Waals surface area (Å²) >= 11 is 0. The number of nitrogens with one attached hydrogen (secondary N) is 1. The second-order valence-electron chi connectivity index (χ2n) is 5.28. The summed E-state index contributed by atoms with van der Waals surface area (Å²) < 4.78 is 18.7. The summed E-state index contributed by atoms with van der Waals surface area (Å²) in [6.45, 7) is 5.36. The summed E-state index contributed by atoms with van der Waals surface area (Å²) in [5.74, 6) is 0.735. The van der Waals surface area contributed by atoms with Gasteiger partial charge >= 0.3 is 0 Å². The number of ether oxygens (including phenoxy) is 1. The molecule has 0 bridgehead atoms. The van der Waals surface area contributed by atoms with Crippen molar-refractivity contribution >= 4 is 0 Å². The number of hydrogen-bond acceptors (Lipinski definition) is 3. The first kappa shape index (κ1) is 14.3. The maximum atomic E-state index is 13.7. The van der Waals surface area contributed by atoms with Gasteiger partial charge < -0.3 is 10.1 Å². The highest BCUT2D eigenvalue weighted by atomic mass is 19.1. The highest BCUT2D eigenvalue weighted by Crippen LogP contribution is 2.29. The van der Waals surface area contributed by atoms with Crippen LogP contribution in [0.2, 0.25) is 0 Å². The first-order valence-electron chi connectivity index (χ1n) is 6.87. The zero-order chi connectivity index (χ0) is 13.8. The minimum absolute atomic E-state index is 0.252. The van der Waals surface area contributed by atoms with Gasteiger partial charge in [-0.1, -0.05) is 6.07 Å². The van der Waals surface area contributed by atoms with Crippen LogP contribution in [0, 0.1) is 11.7 Å². The Labute approximate surface area is 114 Å². The van der Waals surface area contributed by atoms with E-state index in [1.54, 1.807) is 12.1 Å². The van der Waals surface area contributed by atoms with Crippen molar-refractivity contribution in [3.63, 3.8) is 0 Å². The molecular formula is C15H23FN2O. The lowest BCUT2D eigenvalue weighted by atomic mass is 10.1. The zero-order valence-electron chi connectivity index (χ0n) is 11.9. The second-order valence-corrected chi connectivity index (χ2v) is 5.28. The fourth-order valence-electron chi connectivity index (χ4n) is 2.82. The van der Waals surface area contributed by atoms with Crippen LogP contribution in [0.15, 0.2) is 18.2 Å². The Morgan fingerprint density at radius 1 is 1.53 bits per heavy atom. The van der Waals surface area contributed by atoms with E-state index < -0.39 is 0 Å². The first-order valence-corrected chi connectivity index (χ1v) is 6.87. The van der Waals surface area contributed by atoms with Gasteiger partial charge in [0.2, 0.25) is 0 Å². The van der Waals surface area contributed by atoms with Crippen LogP contribution in [-0.4, -0.2) is 38.7 Å². The number of nitrogens with zero attached hydrogens (tertiary/aromatic N) is 1. The Kier molecular flexibility index (Phi) is 4.77. The smallest absolute Gasteiger partial charge is 0.165 e. The summed E-state index contributed by atoms with van der Waals surface area (Å²) in [4.78, 5) is 2.42. The molecule has 106 valence electrons. The highest BCUT2D eigenvalue weighted by molar-refractivity contribution is 5.30. The summed E-state index contributed by atoms with van der Waals surface area (Å²) in [6, 6.07) is 5.51. The van der Waals surface area contributed by atoms with E-state index in [1.165, 1.54) is 13.5 Å². The largest absolute Gasteiger partial charge is 0.494 e. The molecule has 0 radical (unpaired) electrons. The quantitative estimate of drug-likeness (QED) is 0.886. The monoisotopic (exact) mass is 266 g/mol. The van der Waals surface area contributed by atoms with Crippen LogP contribution in [0.4, 0.5) is 4.39 Å². The molecular weight excluding hydrogens is 243 g/mol. The van der Waals surface area contributed by atoms with Crippen molar-refractivity contribution in [1.29, 1.82) is 0 Å². The summed E-state index contributed by atoms with van der Waals surface area (Å²) in [5, 5.41) is 3.23. The predicted molar refractivity (Wildman–Crippen MR) is 75.0 cm³/mol. The summed E-state index contributed by atoms with van der Waals surface area (Å²) in [6.07, 6.45) is 1.21. The molecule has 4 heteroatoms. The Morgan fingerprint density at radius 2 is 2.32 bits per heavy atom. The lowest BCUT2D eigenvalue weighted by Gasteiger charge is -2.25. The minimum atomic E-state index is -0.280. The van der Waals surface area contributed by atoms with E-state index in [2.05, 4.69) is 17.1 Å². The molecule has 1 aliphatic rings. The Balaban J connectivity index is 2.04. The molecule has 2 rings (SSSR count). The van der Waals surface area contributed by atoms with Crippen molar-refractivity contribution in [1.82, 2.24) is 10.2 Å². The first-order chi connectivity index (χ1) is 9.15. The molecule has 0 aromatic heterocycles. The van der Waals surface area contributed by atoms with E-state index in [1.807, 2.05) is 13.1 Å². The molecule has 19 heavy (non-hydrogen) atoms. The van der Waals surface area contributed by atoms with Crippen molar-refractivity contribution in [2.24, 2.45) is 5.92 Å². The topological polar surface area (TPSA) is 24.5 Å². The van der Waals surface area contributed by atoms with Crippen molar-refractivity contribution in [3.8, 4) is 5.75 Å². The molecule has 0 amide bonds. The van der Waals surface area contributed by atoms with Crippen molar-refractivity contribution in [3.05, 3.63) is 29.6 Å². The maximum Gasteiger partial charge on any atom is 0.165 e. The number of methoxy groups -OCH3 is 1. The number of rotatable bonds is 5. The van der Waals surface area contributed by atoms with Crippen molar-refractivity contribution < 1.29 is 9.13 Å². The minimum Gasteiger partial charge on any atom is -0.494 e. The van der Waals surface area contributed by atoms with E-state index in [9.17, 15) is 4.39 Å². The van der Waals surface area contributed by atoms with Crippen LogP contribution >= 0.6 is 0 Å². The predicted octanol–water partition coefficient (Wildman–Crippen LogP) is 2.44. The third-order valence-electron chi connectivity index (χ3n) is 4.02. The van der Waals surface area contributed by atoms with Crippen LogP contribution in [0.3, 0.4) is 0 Å². The van der Waals surface area contributed by atoms with Crippen LogP contribution in [0.25, 0.3) is 0 Å². The SMILES string of the molecule is CNCC1CCN(C(C)c2ccc(OC)c(F)c2)C1. The Morgan fingerprint density at radius 3 is 2.95 bits per heavy atom. The zero-order valence-corrected chi connectivity index (χ0v) is 11.9. The fraction of sp³-hybridized carbons (Fsp3) is 0.600. The van der Waals surface area contributed by atoms with E-state index >= 15 is 0 Å². The maximum absolute atomic E-state index is 13.7. The van der Waals surface area contributed by atoms with Crippen LogP contribution < -0.4 is 10.1 Å². The van der Waals surface area contributed by atoms with Gasteiger partial charge in [-0.15, -0.1) is 0 Å². The molecule has 0 aliphatic carbocycles. The van der Waals surface area contributed by atoms with E-state index in [4.69, 9.17) is 4.74 Å².